The van der Waals surface area contributed by atoms with Crippen LogP contribution in [-0.2, 0) is 0 Å². The van der Waals surface area contributed by atoms with Gasteiger partial charge >= 0.3 is 5.97 Å². The second-order valence-electron chi connectivity index (χ2n) is 4.02. The highest BCUT2D eigenvalue weighted by Gasteiger charge is 2.13. The van der Waals surface area contributed by atoms with Crippen LogP contribution < -0.4 is 4.74 Å². The molecule has 18 heavy (non-hydrogen) atoms. The lowest BCUT2D eigenvalue weighted by Crippen LogP contribution is -2.07. The molecule has 0 saturated carbocycles. The second kappa shape index (κ2) is 5.03. The Morgan fingerprint density at radius 3 is 3.00 bits per heavy atom. The minimum absolute atomic E-state index is 0.144. The van der Waals surface area contributed by atoms with E-state index in [0.717, 1.165) is 12.8 Å². The number of aromatic carboxylic acids is 1. The van der Waals surface area contributed by atoms with E-state index in [4.69, 9.17) is 9.84 Å². The van der Waals surface area contributed by atoms with Gasteiger partial charge in [-0.1, -0.05) is 13.3 Å². The highest BCUT2D eigenvalue weighted by molar-refractivity contribution is 5.88. The van der Waals surface area contributed by atoms with E-state index in [1.54, 1.807) is 13.0 Å². The monoisotopic (exact) mass is 249 g/mol. The Labute approximate surface area is 104 Å². The lowest BCUT2D eigenvalue weighted by molar-refractivity contribution is 0.0694. The molecule has 0 aliphatic carbocycles. The average molecular weight is 249 g/mol. The Hall–Kier alpha value is -2.11. The molecule has 0 spiro atoms. The maximum absolute atomic E-state index is 11.0. The van der Waals surface area contributed by atoms with E-state index in [1.807, 2.05) is 0 Å². The zero-order valence-electron chi connectivity index (χ0n) is 10.4. The van der Waals surface area contributed by atoms with Crippen molar-refractivity contribution >= 4 is 11.6 Å². The third-order valence-corrected chi connectivity index (χ3v) is 2.68. The van der Waals surface area contributed by atoms with Gasteiger partial charge in [-0.3, -0.25) is 0 Å². The van der Waals surface area contributed by atoms with Crippen LogP contribution in [0.25, 0.3) is 5.65 Å². The SMILES string of the molecule is CCCCOc1cc2ncc(C(=O)O)c(C)n2n1. The summed E-state index contributed by atoms with van der Waals surface area (Å²) in [6, 6.07) is 1.70. The molecule has 2 aromatic heterocycles. The lowest BCUT2D eigenvalue weighted by Gasteiger charge is -2.02. The van der Waals surface area contributed by atoms with Crippen molar-refractivity contribution in [2.24, 2.45) is 0 Å². The number of carboxylic acid groups (broad SMARTS) is 1. The number of ether oxygens (including phenoxy) is 1. The molecule has 0 aliphatic rings. The molecule has 2 heterocycles. The first-order valence-electron chi connectivity index (χ1n) is 5.85. The fraction of sp³-hybridized carbons (Fsp3) is 0.417. The Balaban J connectivity index is 2.33. The third-order valence-electron chi connectivity index (χ3n) is 2.68. The molecule has 0 aliphatic heterocycles. The van der Waals surface area contributed by atoms with Crippen LogP contribution in [0, 0.1) is 6.92 Å². The molecular formula is C12H15N3O3. The van der Waals surface area contributed by atoms with Gasteiger partial charge in [-0.05, 0) is 13.3 Å². The highest BCUT2D eigenvalue weighted by Crippen LogP contribution is 2.15. The van der Waals surface area contributed by atoms with Crippen LogP contribution in [0.2, 0.25) is 0 Å². The zero-order valence-corrected chi connectivity index (χ0v) is 10.4. The number of hydrogen-bond donors (Lipinski definition) is 1. The van der Waals surface area contributed by atoms with Gasteiger partial charge in [0.15, 0.2) is 5.65 Å². The quantitative estimate of drug-likeness (QED) is 0.819. The van der Waals surface area contributed by atoms with Gasteiger partial charge in [-0.25, -0.2) is 14.3 Å². The van der Waals surface area contributed by atoms with E-state index >= 15 is 0 Å². The summed E-state index contributed by atoms with van der Waals surface area (Å²) in [6.07, 6.45) is 3.35. The molecule has 2 rings (SSSR count). The summed E-state index contributed by atoms with van der Waals surface area (Å²) in [5.74, 6) is -0.535. The number of unbranched alkanes of at least 4 members (excludes halogenated alkanes) is 1. The van der Waals surface area contributed by atoms with Crippen molar-refractivity contribution in [1.29, 1.82) is 0 Å². The molecule has 0 aromatic carbocycles. The predicted molar refractivity (Wildman–Crippen MR) is 65.1 cm³/mol. The molecule has 0 atom stereocenters. The molecule has 0 saturated heterocycles. The van der Waals surface area contributed by atoms with E-state index in [0.29, 0.717) is 23.8 Å². The molecule has 0 unspecified atom stereocenters. The molecule has 6 nitrogen and oxygen atoms in total. The standard InChI is InChI=1S/C12H15N3O3/c1-3-4-5-18-11-6-10-13-7-9(12(16)17)8(2)15(10)14-11/h6-7H,3-5H2,1-2H3,(H,16,17). The van der Waals surface area contributed by atoms with Crippen LogP contribution in [0.1, 0.15) is 35.8 Å². The molecule has 96 valence electrons. The summed E-state index contributed by atoms with van der Waals surface area (Å²) >= 11 is 0. The van der Waals surface area contributed by atoms with Crippen LogP contribution in [-0.4, -0.2) is 32.3 Å². The number of hydrogen-bond acceptors (Lipinski definition) is 4. The van der Waals surface area contributed by atoms with Crippen molar-refractivity contribution in [3.8, 4) is 5.88 Å². The van der Waals surface area contributed by atoms with Gasteiger partial charge < -0.3 is 9.84 Å². The van der Waals surface area contributed by atoms with Gasteiger partial charge in [-0.2, -0.15) is 0 Å². The van der Waals surface area contributed by atoms with E-state index in [2.05, 4.69) is 17.0 Å². The van der Waals surface area contributed by atoms with Crippen LogP contribution in [0.4, 0.5) is 0 Å². The van der Waals surface area contributed by atoms with E-state index in [9.17, 15) is 4.79 Å². The molecule has 1 N–H and O–H groups in total. The van der Waals surface area contributed by atoms with Crippen molar-refractivity contribution in [2.45, 2.75) is 26.7 Å². The highest BCUT2D eigenvalue weighted by atomic mass is 16.5. The van der Waals surface area contributed by atoms with Gasteiger partial charge in [0.25, 0.3) is 0 Å². The predicted octanol–water partition coefficient (Wildman–Crippen LogP) is 1.91. The smallest absolute Gasteiger partial charge is 0.339 e. The van der Waals surface area contributed by atoms with Gasteiger partial charge in [0.2, 0.25) is 5.88 Å². The van der Waals surface area contributed by atoms with Crippen molar-refractivity contribution in [1.82, 2.24) is 14.6 Å². The normalized spacial score (nSPS) is 10.8. The number of rotatable bonds is 5. The molecular weight excluding hydrogens is 234 g/mol. The average Bonchev–Trinajstić information content (AvgIpc) is 2.73. The van der Waals surface area contributed by atoms with Crippen molar-refractivity contribution < 1.29 is 14.6 Å². The van der Waals surface area contributed by atoms with E-state index in [-0.39, 0.29) is 5.56 Å². The number of aromatic nitrogens is 3. The number of nitrogens with zero attached hydrogens (tertiary/aromatic N) is 3. The van der Waals surface area contributed by atoms with Crippen LogP contribution in [0.3, 0.4) is 0 Å². The molecule has 0 bridgehead atoms. The molecule has 0 radical (unpaired) electrons. The Kier molecular flexibility index (Phi) is 3.45. The minimum atomic E-state index is -1.01. The molecule has 0 fully saturated rings. The second-order valence-corrected chi connectivity index (χ2v) is 4.02. The Morgan fingerprint density at radius 1 is 1.56 bits per heavy atom. The number of carbonyl (C=O) groups is 1. The van der Waals surface area contributed by atoms with Crippen molar-refractivity contribution in [3.05, 3.63) is 23.5 Å². The first-order chi connectivity index (χ1) is 8.63. The van der Waals surface area contributed by atoms with E-state index in [1.165, 1.54) is 10.7 Å². The molecule has 0 amide bonds. The minimum Gasteiger partial charge on any atom is -0.478 e. The maximum atomic E-state index is 11.0. The Bertz CT molecular complexity index is 577. The maximum Gasteiger partial charge on any atom is 0.339 e. The molecule has 6 heteroatoms. The summed E-state index contributed by atoms with van der Waals surface area (Å²) in [6.45, 7) is 4.38. The molecule has 2 aromatic rings. The van der Waals surface area contributed by atoms with Crippen molar-refractivity contribution in [3.63, 3.8) is 0 Å². The first kappa shape index (κ1) is 12.3. The number of carboxylic acids is 1. The Morgan fingerprint density at radius 2 is 2.33 bits per heavy atom. The lowest BCUT2D eigenvalue weighted by atomic mass is 10.2. The fourth-order valence-electron chi connectivity index (χ4n) is 1.63. The van der Waals surface area contributed by atoms with Crippen LogP contribution in [0.5, 0.6) is 5.88 Å². The van der Waals surface area contributed by atoms with Gasteiger partial charge in [0, 0.05) is 12.3 Å². The van der Waals surface area contributed by atoms with Crippen LogP contribution >= 0.6 is 0 Å². The van der Waals surface area contributed by atoms with Crippen molar-refractivity contribution in [2.75, 3.05) is 6.61 Å². The summed E-state index contributed by atoms with van der Waals surface area (Å²) in [7, 11) is 0. The van der Waals surface area contributed by atoms with Gasteiger partial charge in [0.05, 0.1) is 17.9 Å². The fourth-order valence-corrected chi connectivity index (χ4v) is 1.63. The van der Waals surface area contributed by atoms with E-state index < -0.39 is 5.97 Å². The van der Waals surface area contributed by atoms with Crippen LogP contribution in [0.15, 0.2) is 12.3 Å². The zero-order chi connectivity index (χ0) is 13.1. The van der Waals surface area contributed by atoms with Gasteiger partial charge in [0.1, 0.15) is 0 Å². The topological polar surface area (TPSA) is 76.7 Å². The number of aryl methyl sites for hydroxylation is 1. The third kappa shape index (κ3) is 2.27. The summed E-state index contributed by atoms with van der Waals surface area (Å²) in [4.78, 5) is 15.0. The largest absolute Gasteiger partial charge is 0.478 e. The summed E-state index contributed by atoms with van der Waals surface area (Å²) in [5.41, 5.74) is 1.27. The summed E-state index contributed by atoms with van der Waals surface area (Å²) in [5, 5.41) is 13.2. The first-order valence-corrected chi connectivity index (χ1v) is 5.85. The number of fused-ring (bicyclic) bond motifs is 1. The van der Waals surface area contributed by atoms with Gasteiger partial charge in [-0.15, -0.1) is 5.10 Å². The summed E-state index contributed by atoms with van der Waals surface area (Å²) < 4.78 is 6.96.